The Hall–Kier alpha value is -1.94. The van der Waals surface area contributed by atoms with Gasteiger partial charge in [0.1, 0.15) is 6.04 Å². The summed E-state index contributed by atoms with van der Waals surface area (Å²) in [4.78, 5) is 36.2. The average Bonchev–Trinajstić information content (AvgIpc) is 3.08. The van der Waals surface area contributed by atoms with Crippen LogP contribution < -0.4 is 16.0 Å². The summed E-state index contributed by atoms with van der Waals surface area (Å²) in [5.41, 5.74) is -1.95. The molecule has 1 atom stereocenters. The summed E-state index contributed by atoms with van der Waals surface area (Å²) in [6.45, 7) is 0. The molecule has 104 valence electrons. The highest BCUT2D eigenvalue weighted by Gasteiger charge is 2.39. The van der Waals surface area contributed by atoms with Crippen molar-refractivity contribution in [3.05, 3.63) is 27.0 Å². The molecule has 10 heteroatoms. The lowest BCUT2D eigenvalue weighted by molar-refractivity contribution is -0.139. The van der Waals surface area contributed by atoms with Gasteiger partial charge in [0.2, 0.25) is 10.0 Å². The van der Waals surface area contributed by atoms with Gasteiger partial charge in [-0.1, -0.05) is 0 Å². The molecule has 0 saturated heterocycles. The first-order valence-electron chi connectivity index (χ1n) is 5.38. The summed E-state index contributed by atoms with van der Waals surface area (Å²) in [6.07, 6.45) is 1.96. The molecule has 9 nitrogen and oxygen atoms in total. The summed E-state index contributed by atoms with van der Waals surface area (Å²) >= 11 is 0. The van der Waals surface area contributed by atoms with Gasteiger partial charge in [-0.05, 0) is 18.8 Å². The first kappa shape index (κ1) is 13.5. The highest BCUT2D eigenvalue weighted by molar-refractivity contribution is 7.89. The van der Waals surface area contributed by atoms with Gasteiger partial charge < -0.3 is 10.1 Å². The Balaban J connectivity index is 2.34. The maximum Gasteiger partial charge on any atom is 0.325 e. The molecule has 1 saturated carbocycles. The fraction of sp³-hybridized carbons (Fsp3) is 0.444. The van der Waals surface area contributed by atoms with Crippen molar-refractivity contribution in [1.82, 2.24) is 14.7 Å². The molecule has 1 aliphatic carbocycles. The Labute approximate surface area is 106 Å². The van der Waals surface area contributed by atoms with E-state index in [0.29, 0.717) is 12.8 Å². The molecule has 0 aliphatic heterocycles. The lowest BCUT2D eigenvalue weighted by atomic mass is 10.2. The van der Waals surface area contributed by atoms with Crippen molar-refractivity contribution in [2.24, 2.45) is 5.92 Å². The van der Waals surface area contributed by atoms with Gasteiger partial charge in [0.15, 0.2) is 4.90 Å². The first-order chi connectivity index (χ1) is 8.81. The van der Waals surface area contributed by atoms with Crippen LogP contribution in [0, 0.1) is 5.92 Å². The largest absolute Gasteiger partial charge is 0.480 e. The minimum Gasteiger partial charge on any atom is -0.480 e. The highest BCUT2D eigenvalue weighted by Crippen LogP contribution is 2.33. The number of carboxylic acids is 1. The maximum absolute atomic E-state index is 11.9. The van der Waals surface area contributed by atoms with Crippen LogP contribution in [0.4, 0.5) is 0 Å². The molecule has 4 N–H and O–H groups in total. The van der Waals surface area contributed by atoms with E-state index < -0.39 is 38.2 Å². The first-order valence-corrected chi connectivity index (χ1v) is 6.87. The molecule has 2 rings (SSSR count). The molecule has 1 heterocycles. The fourth-order valence-corrected chi connectivity index (χ4v) is 2.87. The molecule has 1 fully saturated rings. The predicted octanol–water partition coefficient (Wildman–Crippen LogP) is -1.80. The molecular formula is C9H11N3O6S. The van der Waals surface area contributed by atoms with Crippen LogP contribution in [0.2, 0.25) is 0 Å². The van der Waals surface area contributed by atoms with Crippen molar-refractivity contribution in [2.75, 3.05) is 0 Å². The molecule has 1 unspecified atom stereocenters. The quantitative estimate of drug-likeness (QED) is 0.502. The summed E-state index contributed by atoms with van der Waals surface area (Å²) < 4.78 is 25.8. The number of nitrogens with one attached hydrogen (secondary N) is 3. The Morgan fingerprint density at radius 2 is 2.05 bits per heavy atom. The smallest absolute Gasteiger partial charge is 0.325 e. The molecule has 19 heavy (non-hydrogen) atoms. The maximum atomic E-state index is 11.9. The Morgan fingerprint density at radius 1 is 1.42 bits per heavy atom. The topological polar surface area (TPSA) is 149 Å². The van der Waals surface area contributed by atoms with E-state index in [-0.39, 0.29) is 5.92 Å². The van der Waals surface area contributed by atoms with E-state index >= 15 is 0 Å². The van der Waals surface area contributed by atoms with Crippen molar-refractivity contribution in [1.29, 1.82) is 0 Å². The monoisotopic (exact) mass is 289 g/mol. The van der Waals surface area contributed by atoms with Gasteiger partial charge in [-0.3, -0.25) is 14.6 Å². The number of carboxylic acid groups (broad SMARTS) is 1. The number of sulfonamides is 1. The molecule has 1 aromatic heterocycles. The molecule has 0 bridgehead atoms. The molecule has 1 aliphatic rings. The second-order valence-electron chi connectivity index (χ2n) is 4.21. The van der Waals surface area contributed by atoms with Gasteiger partial charge in [0.25, 0.3) is 5.56 Å². The number of rotatable bonds is 5. The van der Waals surface area contributed by atoms with Gasteiger partial charge in [-0.25, -0.2) is 13.2 Å². The number of hydrogen-bond donors (Lipinski definition) is 4. The number of hydrogen-bond acceptors (Lipinski definition) is 5. The van der Waals surface area contributed by atoms with Crippen molar-refractivity contribution in [3.8, 4) is 0 Å². The molecule has 1 aromatic rings. The third kappa shape index (κ3) is 2.90. The van der Waals surface area contributed by atoms with Crippen LogP contribution in [0.25, 0.3) is 0 Å². The van der Waals surface area contributed by atoms with E-state index in [1.54, 1.807) is 4.98 Å². The van der Waals surface area contributed by atoms with Crippen molar-refractivity contribution >= 4 is 16.0 Å². The van der Waals surface area contributed by atoms with Crippen LogP contribution in [0.1, 0.15) is 12.8 Å². The van der Waals surface area contributed by atoms with Gasteiger partial charge >= 0.3 is 11.7 Å². The van der Waals surface area contributed by atoms with Crippen LogP contribution in [0.5, 0.6) is 0 Å². The molecule has 0 amide bonds. The number of aliphatic carboxylic acids is 1. The van der Waals surface area contributed by atoms with E-state index in [1.807, 2.05) is 9.71 Å². The van der Waals surface area contributed by atoms with Gasteiger partial charge in [0.05, 0.1) is 0 Å². The number of carbonyl (C=O) groups is 1. The van der Waals surface area contributed by atoms with Crippen LogP contribution in [0.15, 0.2) is 20.7 Å². The lowest BCUT2D eigenvalue weighted by Gasteiger charge is -2.13. The van der Waals surface area contributed by atoms with E-state index in [4.69, 9.17) is 5.11 Å². The van der Waals surface area contributed by atoms with Gasteiger partial charge in [-0.15, -0.1) is 0 Å². The highest BCUT2D eigenvalue weighted by atomic mass is 32.2. The van der Waals surface area contributed by atoms with Gasteiger partial charge in [0, 0.05) is 6.20 Å². The number of H-pyrrole nitrogens is 2. The zero-order valence-corrected chi connectivity index (χ0v) is 10.4. The van der Waals surface area contributed by atoms with E-state index in [1.165, 1.54) is 0 Å². The normalized spacial score (nSPS) is 17.1. The van der Waals surface area contributed by atoms with E-state index in [9.17, 15) is 22.8 Å². The third-order valence-electron chi connectivity index (χ3n) is 2.72. The fourth-order valence-electron chi connectivity index (χ4n) is 1.61. The van der Waals surface area contributed by atoms with Crippen molar-refractivity contribution in [2.45, 2.75) is 23.8 Å². The zero-order valence-electron chi connectivity index (χ0n) is 9.54. The van der Waals surface area contributed by atoms with Crippen LogP contribution in [-0.4, -0.2) is 35.5 Å². The minimum atomic E-state index is -4.30. The van der Waals surface area contributed by atoms with Crippen molar-refractivity contribution < 1.29 is 18.3 Å². The molecule has 0 aromatic carbocycles. The summed E-state index contributed by atoms with van der Waals surface area (Å²) in [5, 5.41) is 8.94. The number of aromatic nitrogens is 2. The number of aromatic amines is 2. The minimum absolute atomic E-state index is 0.269. The molecule has 0 radical (unpaired) electrons. The Bertz CT molecular complexity index is 714. The molecular weight excluding hydrogens is 278 g/mol. The summed E-state index contributed by atoms with van der Waals surface area (Å²) in [6, 6.07) is -1.27. The summed E-state index contributed by atoms with van der Waals surface area (Å²) in [7, 11) is -4.30. The zero-order chi connectivity index (χ0) is 14.2. The Kier molecular flexibility index (Phi) is 3.28. The third-order valence-corrected chi connectivity index (χ3v) is 4.16. The van der Waals surface area contributed by atoms with E-state index in [2.05, 4.69) is 0 Å². The second-order valence-corrected chi connectivity index (χ2v) is 5.89. The van der Waals surface area contributed by atoms with E-state index in [0.717, 1.165) is 6.20 Å². The molecule has 0 spiro atoms. The Morgan fingerprint density at radius 3 is 2.53 bits per heavy atom. The van der Waals surface area contributed by atoms with Crippen LogP contribution >= 0.6 is 0 Å². The van der Waals surface area contributed by atoms with Crippen LogP contribution in [0.3, 0.4) is 0 Å². The average molecular weight is 289 g/mol. The lowest BCUT2D eigenvalue weighted by Crippen LogP contribution is -2.44. The summed E-state index contributed by atoms with van der Waals surface area (Å²) in [5.74, 6) is -1.57. The standard InChI is InChI=1S/C9H11N3O6S/c13-7-5(3-10-9(16)11-7)19(17,18)12-6(8(14)15)4-1-2-4/h3-4,6,12H,1-2H2,(H,14,15)(H2,10,11,13,16). The van der Waals surface area contributed by atoms with Crippen LogP contribution in [-0.2, 0) is 14.8 Å². The predicted molar refractivity (Wildman–Crippen MR) is 62.2 cm³/mol. The second kappa shape index (κ2) is 4.63. The SMILES string of the molecule is O=C(O)C(NS(=O)(=O)c1c[nH]c(=O)[nH]c1=O)C1CC1. The van der Waals surface area contributed by atoms with Gasteiger partial charge in [-0.2, -0.15) is 4.72 Å². The van der Waals surface area contributed by atoms with Crippen molar-refractivity contribution in [3.63, 3.8) is 0 Å².